The van der Waals surface area contributed by atoms with Crippen molar-refractivity contribution < 1.29 is 9.90 Å². The summed E-state index contributed by atoms with van der Waals surface area (Å²) in [6.07, 6.45) is 1.72. The van der Waals surface area contributed by atoms with E-state index in [9.17, 15) is 9.90 Å². The predicted molar refractivity (Wildman–Crippen MR) is 133 cm³/mol. The lowest BCUT2D eigenvalue weighted by atomic mass is 9.95. The van der Waals surface area contributed by atoms with Gasteiger partial charge >= 0.3 is 0 Å². The van der Waals surface area contributed by atoms with E-state index in [2.05, 4.69) is 43.4 Å². The van der Waals surface area contributed by atoms with Crippen LogP contribution in [0.2, 0.25) is 0 Å². The zero-order chi connectivity index (χ0) is 22.9. The topological polar surface area (TPSA) is 49.3 Å². The van der Waals surface area contributed by atoms with Gasteiger partial charge in [0.1, 0.15) is 0 Å². The van der Waals surface area contributed by atoms with Crippen LogP contribution in [0.15, 0.2) is 84.9 Å². The molecule has 0 fully saturated rings. The largest absolute Gasteiger partial charge is 0.387 e. The third kappa shape index (κ3) is 6.49. The number of carbonyl (C=O) groups excluding carboxylic acids is 1. The number of aliphatic hydroxyl groups excluding tert-OH is 1. The van der Waals surface area contributed by atoms with Gasteiger partial charge in [-0.25, -0.2) is 0 Å². The summed E-state index contributed by atoms with van der Waals surface area (Å²) < 4.78 is 0. The van der Waals surface area contributed by atoms with Crippen LogP contribution in [-0.4, -0.2) is 23.5 Å². The number of rotatable bonds is 10. The van der Waals surface area contributed by atoms with Gasteiger partial charge < -0.3 is 10.4 Å². The van der Waals surface area contributed by atoms with Gasteiger partial charge in [0, 0.05) is 24.6 Å². The summed E-state index contributed by atoms with van der Waals surface area (Å²) in [7, 11) is 0. The maximum Gasteiger partial charge on any atom is 0.164 e. The molecule has 0 spiro atoms. The Kier molecular flexibility index (Phi) is 8.55. The van der Waals surface area contributed by atoms with Crippen LogP contribution in [0.5, 0.6) is 0 Å². The fraction of sp³-hybridized carbons (Fsp3) is 0.276. The number of aliphatic hydroxyl groups is 1. The van der Waals surface area contributed by atoms with Crippen LogP contribution in [0.1, 0.15) is 61.5 Å². The van der Waals surface area contributed by atoms with E-state index in [1.165, 1.54) is 5.56 Å². The Morgan fingerprint density at radius 3 is 2.03 bits per heavy atom. The highest BCUT2D eigenvalue weighted by Gasteiger charge is 2.17. The minimum absolute atomic E-state index is 0.0815. The molecule has 0 saturated heterocycles. The quantitative estimate of drug-likeness (QED) is 0.307. The lowest BCUT2D eigenvalue weighted by molar-refractivity contribution is -0.113. The second-order valence-corrected chi connectivity index (χ2v) is 8.52. The first kappa shape index (κ1) is 23.6. The van der Waals surface area contributed by atoms with Gasteiger partial charge in [0.05, 0.1) is 6.10 Å². The standard InChI is InChI=1S/C29H33NO2/c1-21(2)24-16-14-23(15-17-24)20-27(25-10-6-4-7-11-25)28(31)18-19-30-22(3)29(32)26-12-8-5-9-13-26/h4-17,20-22,29-30,32H,18-19H2,1-3H3/b27-20+. The molecule has 0 heterocycles. The number of hydrogen-bond donors (Lipinski definition) is 2. The monoisotopic (exact) mass is 427 g/mol. The van der Waals surface area contributed by atoms with Crippen molar-refractivity contribution in [3.63, 3.8) is 0 Å². The van der Waals surface area contributed by atoms with E-state index in [1.54, 1.807) is 0 Å². The number of benzene rings is 3. The van der Waals surface area contributed by atoms with Gasteiger partial charge in [0.25, 0.3) is 0 Å². The molecule has 3 heteroatoms. The molecule has 0 aliphatic heterocycles. The number of hydrogen-bond acceptors (Lipinski definition) is 3. The maximum atomic E-state index is 13.2. The molecule has 0 amide bonds. The highest BCUT2D eigenvalue weighted by atomic mass is 16.3. The Bertz CT molecular complexity index is 1010. The number of allylic oxidation sites excluding steroid dienone is 1. The molecule has 2 atom stereocenters. The third-order valence-electron chi connectivity index (χ3n) is 5.73. The van der Waals surface area contributed by atoms with Gasteiger partial charge in [-0.2, -0.15) is 0 Å². The first-order valence-corrected chi connectivity index (χ1v) is 11.3. The third-order valence-corrected chi connectivity index (χ3v) is 5.73. The Labute approximate surface area is 191 Å². The minimum Gasteiger partial charge on any atom is -0.387 e. The summed E-state index contributed by atoms with van der Waals surface area (Å²) in [5, 5.41) is 13.8. The molecule has 0 aromatic heterocycles. The number of ketones is 1. The van der Waals surface area contributed by atoms with Crippen LogP contribution in [0.4, 0.5) is 0 Å². The molecule has 166 valence electrons. The molecule has 3 rings (SSSR count). The van der Waals surface area contributed by atoms with Crippen LogP contribution >= 0.6 is 0 Å². The van der Waals surface area contributed by atoms with E-state index in [4.69, 9.17) is 0 Å². The summed E-state index contributed by atoms with van der Waals surface area (Å²) in [5.74, 6) is 0.556. The molecule has 0 radical (unpaired) electrons. The molecule has 3 aromatic rings. The Balaban J connectivity index is 1.69. The zero-order valence-electron chi connectivity index (χ0n) is 19.2. The van der Waals surface area contributed by atoms with E-state index in [0.29, 0.717) is 24.5 Å². The minimum atomic E-state index is -0.616. The summed E-state index contributed by atoms with van der Waals surface area (Å²) in [5.41, 5.74) is 4.80. The molecule has 0 aliphatic carbocycles. The van der Waals surface area contributed by atoms with Gasteiger partial charge in [-0.15, -0.1) is 0 Å². The van der Waals surface area contributed by atoms with Crippen LogP contribution in [0, 0.1) is 0 Å². The van der Waals surface area contributed by atoms with Crippen molar-refractivity contribution in [2.45, 2.75) is 45.3 Å². The van der Waals surface area contributed by atoms with E-state index in [1.807, 2.05) is 73.7 Å². The van der Waals surface area contributed by atoms with Gasteiger partial charge in [-0.1, -0.05) is 98.8 Å². The Hall–Kier alpha value is -3.01. The molecule has 0 saturated carbocycles. The molecular weight excluding hydrogens is 394 g/mol. The fourth-order valence-corrected chi connectivity index (χ4v) is 3.68. The maximum absolute atomic E-state index is 13.2. The molecule has 0 aliphatic rings. The van der Waals surface area contributed by atoms with Crippen molar-refractivity contribution in [1.29, 1.82) is 0 Å². The molecule has 3 nitrogen and oxygen atoms in total. The van der Waals surface area contributed by atoms with Crippen molar-refractivity contribution in [2.24, 2.45) is 0 Å². The van der Waals surface area contributed by atoms with Gasteiger partial charge in [0.15, 0.2) is 5.78 Å². The summed E-state index contributed by atoms with van der Waals surface area (Å²) >= 11 is 0. The Morgan fingerprint density at radius 2 is 1.44 bits per heavy atom. The number of nitrogens with one attached hydrogen (secondary N) is 1. The second kappa shape index (κ2) is 11.6. The summed E-state index contributed by atoms with van der Waals surface area (Å²) in [4.78, 5) is 13.2. The Morgan fingerprint density at radius 1 is 0.844 bits per heavy atom. The zero-order valence-corrected chi connectivity index (χ0v) is 19.2. The molecule has 3 aromatic carbocycles. The SMILES string of the molecule is CC(C)c1ccc(/C=C(/C(=O)CCNC(C)C(O)c2ccccc2)c2ccccc2)cc1. The molecule has 0 bridgehead atoms. The van der Waals surface area contributed by atoms with Gasteiger partial charge in [0.2, 0.25) is 0 Å². The smallest absolute Gasteiger partial charge is 0.164 e. The van der Waals surface area contributed by atoms with Gasteiger partial charge in [-0.3, -0.25) is 4.79 Å². The van der Waals surface area contributed by atoms with E-state index in [0.717, 1.165) is 16.7 Å². The lowest BCUT2D eigenvalue weighted by Crippen LogP contribution is -2.33. The normalized spacial score (nSPS) is 13.7. The fourth-order valence-electron chi connectivity index (χ4n) is 3.68. The lowest BCUT2D eigenvalue weighted by Gasteiger charge is -2.20. The van der Waals surface area contributed by atoms with Crippen molar-refractivity contribution in [3.8, 4) is 0 Å². The number of carbonyl (C=O) groups is 1. The summed E-state index contributed by atoms with van der Waals surface area (Å²) in [6, 6.07) is 27.6. The number of Topliss-reactive ketones (excluding diaryl/α,β-unsaturated/α-hetero) is 1. The van der Waals surface area contributed by atoms with Gasteiger partial charge in [-0.05, 0) is 41.2 Å². The highest BCUT2D eigenvalue weighted by molar-refractivity contribution is 6.25. The first-order chi connectivity index (χ1) is 15.5. The molecule has 2 unspecified atom stereocenters. The van der Waals surface area contributed by atoms with E-state index >= 15 is 0 Å². The molecular formula is C29H33NO2. The van der Waals surface area contributed by atoms with Crippen molar-refractivity contribution in [1.82, 2.24) is 5.32 Å². The highest BCUT2D eigenvalue weighted by Crippen LogP contribution is 2.23. The predicted octanol–water partition coefficient (Wildman–Crippen LogP) is 6.02. The molecule has 32 heavy (non-hydrogen) atoms. The van der Waals surface area contributed by atoms with Crippen LogP contribution in [0.3, 0.4) is 0 Å². The average molecular weight is 428 g/mol. The summed E-state index contributed by atoms with van der Waals surface area (Å²) in [6.45, 7) is 6.78. The van der Waals surface area contributed by atoms with Crippen LogP contribution < -0.4 is 5.32 Å². The van der Waals surface area contributed by atoms with Crippen molar-refractivity contribution in [3.05, 3.63) is 107 Å². The second-order valence-electron chi connectivity index (χ2n) is 8.52. The van der Waals surface area contributed by atoms with Crippen molar-refractivity contribution >= 4 is 17.4 Å². The van der Waals surface area contributed by atoms with E-state index in [-0.39, 0.29) is 11.8 Å². The first-order valence-electron chi connectivity index (χ1n) is 11.3. The van der Waals surface area contributed by atoms with Crippen LogP contribution in [0.25, 0.3) is 11.6 Å². The van der Waals surface area contributed by atoms with Crippen molar-refractivity contribution in [2.75, 3.05) is 6.54 Å². The van der Waals surface area contributed by atoms with Crippen LogP contribution in [-0.2, 0) is 4.79 Å². The molecule has 2 N–H and O–H groups in total. The van der Waals surface area contributed by atoms with E-state index < -0.39 is 6.10 Å². The average Bonchev–Trinajstić information content (AvgIpc) is 2.83.